The van der Waals surface area contributed by atoms with Crippen LogP contribution in [0.25, 0.3) is 0 Å². The van der Waals surface area contributed by atoms with E-state index in [2.05, 4.69) is 20.2 Å². The average Bonchev–Trinajstić information content (AvgIpc) is 3.23. The van der Waals surface area contributed by atoms with Crippen LogP contribution in [0.5, 0.6) is 0 Å². The summed E-state index contributed by atoms with van der Waals surface area (Å²) in [5, 5.41) is 7.74. The molecule has 1 fully saturated rings. The first kappa shape index (κ1) is 23.3. The van der Waals surface area contributed by atoms with Crippen LogP contribution in [-0.4, -0.2) is 77.3 Å². The summed E-state index contributed by atoms with van der Waals surface area (Å²) >= 11 is 2.44. The summed E-state index contributed by atoms with van der Waals surface area (Å²) in [4.78, 5) is 58.4. The van der Waals surface area contributed by atoms with Crippen molar-refractivity contribution in [3.8, 4) is 0 Å². The van der Waals surface area contributed by atoms with E-state index >= 15 is 0 Å². The van der Waals surface area contributed by atoms with Crippen LogP contribution >= 0.6 is 23.1 Å². The minimum absolute atomic E-state index is 0.104. The highest BCUT2D eigenvalue weighted by Gasteiger charge is 2.50. The monoisotopic (exact) mass is 481 g/mol. The first-order valence-electron chi connectivity index (χ1n) is 9.05. The molecular weight excluding hydrogens is 462 g/mol. The maximum absolute atomic E-state index is 12.6. The van der Waals surface area contributed by atoms with Crippen LogP contribution < -0.4 is 11.1 Å². The Balaban J connectivity index is 1.58. The number of carbonyl (C=O) groups excluding carboxylic acids is 4. The molecule has 0 aromatic carbocycles. The molecule has 14 heteroatoms. The van der Waals surface area contributed by atoms with Gasteiger partial charge in [0.1, 0.15) is 30.8 Å². The van der Waals surface area contributed by atoms with Crippen LogP contribution in [-0.2, 0) is 33.5 Å². The molecule has 0 radical (unpaired) electrons. The second-order valence-corrected chi connectivity index (χ2v) is 8.26. The molecule has 2 aliphatic heterocycles. The number of hydrogen-bond donors (Lipinski definition) is 2. The van der Waals surface area contributed by atoms with Gasteiger partial charge in [-0.3, -0.25) is 9.59 Å². The minimum Gasteiger partial charge on any atom is -0.466 e. The van der Waals surface area contributed by atoms with E-state index in [1.807, 2.05) is 0 Å². The van der Waals surface area contributed by atoms with Crippen LogP contribution in [0.3, 0.4) is 0 Å². The largest absolute Gasteiger partial charge is 0.466 e. The molecule has 2 amide bonds. The van der Waals surface area contributed by atoms with Crippen molar-refractivity contribution in [1.29, 1.82) is 0 Å². The third-order valence-electron chi connectivity index (χ3n) is 4.26. The molecule has 2 atom stereocenters. The molecule has 3 heterocycles. The van der Waals surface area contributed by atoms with Crippen molar-refractivity contribution < 1.29 is 33.5 Å². The van der Waals surface area contributed by atoms with Gasteiger partial charge in [-0.25, -0.2) is 14.6 Å². The Morgan fingerprint density at radius 1 is 1.41 bits per heavy atom. The number of fused-ring (bicyclic) bond motifs is 1. The van der Waals surface area contributed by atoms with Gasteiger partial charge in [0.25, 0.3) is 11.8 Å². The van der Waals surface area contributed by atoms with Gasteiger partial charge < -0.3 is 30.3 Å². The zero-order valence-corrected chi connectivity index (χ0v) is 18.6. The van der Waals surface area contributed by atoms with Crippen LogP contribution in [0.2, 0.25) is 0 Å². The number of rotatable bonds is 8. The number of thioether (sulfide) groups is 1. The molecule has 0 saturated carbocycles. The predicted octanol–water partition coefficient (Wildman–Crippen LogP) is -0.368. The molecule has 32 heavy (non-hydrogen) atoms. The number of ether oxygens (including phenoxy) is 2. The normalized spacial score (nSPS) is 20.2. The highest BCUT2D eigenvalue weighted by atomic mass is 32.2. The summed E-state index contributed by atoms with van der Waals surface area (Å²) in [7, 11) is 2.52. The first-order chi connectivity index (χ1) is 15.3. The molecule has 1 aromatic rings. The molecule has 170 valence electrons. The third-order valence-corrected chi connectivity index (χ3v) is 6.25. The van der Waals surface area contributed by atoms with Crippen molar-refractivity contribution >= 4 is 57.7 Å². The number of nitrogens with two attached hydrogens (primary N) is 1. The van der Waals surface area contributed by atoms with Gasteiger partial charge in [0.05, 0.1) is 12.7 Å². The fourth-order valence-electron chi connectivity index (χ4n) is 2.76. The van der Waals surface area contributed by atoms with Gasteiger partial charge in [-0.1, -0.05) is 5.16 Å². The lowest BCUT2D eigenvalue weighted by Crippen LogP contribution is -2.69. The van der Waals surface area contributed by atoms with E-state index in [-0.39, 0.29) is 45.8 Å². The number of esters is 2. The van der Waals surface area contributed by atoms with Gasteiger partial charge in [-0.2, -0.15) is 0 Å². The zero-order chi connectivity index (χ0) is 23.3. The fourth-order valence-corrected chi connectivity index (χ4v) is 4.55. The van der Waals surface area contributed by atoms with Crippen LogP contribution in [0.15, 0.2) is 34.5 Å². The number of anilines is 1. The quantitative estimate of drug-likeness (QED) is 0.165. The smallest absolute Gasteiger partial charge is 0.336 e. The number of nitrogen functional groups attached to an aromatic ring is 1. The van der Waals surface area contributed by atoms with Crippen molar-refractivity contribution in [1.82, 2.24) is 15.2 Å². The van der Waals surface area contributed by atoms with E-state index in [0.29, 0.717) is 0 Å². The van der Waals surface area contributed by atoms with Crippen molar-refractivity contribution in [3.63, 3.8) is 0 Å². The van der Waals surface area contributed by atoms with E-state index in [1.165, 1.54) is 43.2 Å². The molecule has 2 aliphatic rings. The summed E-state index contributed by atoms with van der Waals surface area (Å²) in [6.45, 7) is -0.116. The van der Waals surface area contributed by atoms with E-state index in [0.717, 1.165) is 17.4 Å². The van der Waals surface area contributed by atoms with E-state index < -0.39 is 23.9 Å². The molecule has 1 saturated heterocycles. The maximum atomic E-state index is 12.6. The molecule has 1 unspecified atom stereocenters. The first-order valence-corrected chi connectivity index (χ1v) is 11.0. The SMILES string of the molecule is CON=C(C(=O)NC1C(=O)N2C=C(C(=O)OCC=CC(=O)OC)CS[C@H]12)c1csc(N)n1. The lowest BCUT2D eigenvalue weighted by atomic mass is 10.1. The van der Waals surface area contributed by atoms with Gasteiger partial charge >= 0.3 is 11.9 Å². The summed E-state index contributed by atoms with van der Waals surface area (Å²) in [6.07, 6.45) is 3.89. The zero-order valence-electron chi connectivity index (χ0n) is 17.0. The number of nitrogens with one attached hydrogen (secondary N) is 1. The Hall–Kier alpha value is -3.39. The van der Waals surface area contributed by atoms with Crippen LogP contribution in [0.1, 0.15) is 5.69 Å². The van der Waals surface area contributed by atoms with Gasteiger partial charge in [-0.15, -0.1) is 23.1 Å². The van der Waals surface area contributed by atoms with E-state index in [1.54, 1.807) is 5.38 Å². The highest BCUT2D eigenvalue weighted by molar-refractivity contribution is 8.00. The third kappa shape index (κ3) is 5.08. The second-order valence-electron chi connectivity index (χ2n) is 6.27. The Kier molecular flexibility index (Phi) is 7.48. The molecular formula is C18H19N5O7S2. The molecule has 0 aliphatic carbocycles. The van der Waals surface area contributed by atoms with Gasteiger partial charge in [0.2, 0.25) is 0 Å². The Bertz CT molecular complexity index is 1020. The predicted molar refractivity (Wildman–Crippen MR) is 115 cm³/mol. The summed E-state index contributed by atoms with van der Waals surface area (Å²) < 4.78 is 9.48. The Morgan fingerprint density at radius 2 is 2.19 bits per heavy atom. The molecule has 12 nitrogen and oxygen atoms in total. The molecule has 1 aromatic heterocycles. The van der Waals surface area contributed by atoms with Crippen LogP contribution in [0.4, 0.5) is 5.13 Å². The summed E-state index contributed by atoms with van der Waals surface area (Å²) in [5.74, 6) is -1.92. The fraction of sp³-hybridized carbons (Fsp3) is 0.333. The molecule has 3 N–H and O–H groups in total. The number of β-lactam (4-membered cyclic amide) rings is 1. The standard InChI is InChI=1S/C18H19N5O7S2/c1-28-11(24)4-3-5-30-17(27)9-6-23-15(26)13(16(23)31-7-9)21-14(25)12(22-29-2)10-8-32-18(19)20-10/h3-4,6,8,13,16H,5,7H2,1-2H3,(H2,19,20)(H,21,25)/t13?,16-/m1/s1. The minimum atomic E-state index is -0.803. The number of oxime groups is 1. The van der Waals surface area contributed by atoms with E-state index in [9.17, 15) is 19.2 Å². The Labute approximate surface area is 190 Å². The number of methoxy groups -OCH3 is 1. The van der Waals surface area contributed by atoms with Crippen LogP contribution in [0, 0.1) is 0 Å². The van der Waals surface area contributed by atoms with Gasteiger partial charge in [0.15, 0.2) is 10.8 Å². The lowest BCUT2D eigenvalue weighted by molar-refractivity contribution is -0.144. The summed E-state index contributed by atoms with van der Waals surface area (Å²) in [5.41, 5.74) is 6.02. The highest BCUT2D eigenvalue weighted by Crippen LogP contribution is 2.36. The Morgan fingerprint density at radius 3 is 2.84 bits per heavy atom. The molecule has 3 rings (SSSR count). The second kappa shape index (κ2) is 10.3. The lowest BCUT2D eigenvalue weighted by Gasteiger charge is -2.47. The number of amides is 2. The summed E-state index contributed by atoms with van der Waals surface area (Å²) in [6, 6.07) is -0.803. The maximum Gasteiger partial charge on any atom is 0.336 e. The van der Waals surface area contributed by atoms with Crippen molar-refractivity contribution in [2.24, 2.45) is 5.16 Å². The topological polar surface area (TPSA) is 163 Å². The molecule has 0 bridgehead atoms. The number of nitrogens with zero attached hydrogens (tertiary/aromatic N) is 3. The van der Waals surface area contributed by atoms with Crippen molar-refractivity contribution in [3.05, 3.63) is 35.0 Å². The van der Waals surface area contributed by atoms with Crippen molar-refractivity contribution in [2.75, 3.05) is 32.3 Å². The van der Waals surface area contributed by atoms with Crippen molar-refractivity contribution in [2.45, 2.75) is 11.4 Å². The average molecular weight is 482 g/mol. The number of carbonyl (C=O) groups is 4. The molecule has 0 spiro atoms. The van der Waals surface area contributed by atoms with E-state index in [4.69, 9.17) is 15.3 Å². The van der Waals surface area contributed by atoms with Gasteiger partial charge in [0, 0.05) is 23.4 Å². The van der Waals surface area contributed by atoms with Gasteiger partial charge in [-0.05, 0) is 6.08 Å². The number of aromatic nitrogens is 1. The number of thiazole rings is 1. The number of hydrogen-bond acceptors (Lipinski definition) is 12.